The molecule has 4 nitrogen and oxygen atoms in total. The lowest BCUT2D eigenvalue weighted by Gasteiger charge is -2.04. The molecule has 2 aromatic rings. The minimum atomic E-state index is 0.482. The molecule has 1 N–H and O–H groups in total. The number of hydrogen-bond acceptors (Lipinski definition) is 5. The Morgan fingerprint density at radius 1 is 1.37 bits per heavy atom. The van der Waals surface area contributed by atoms with Crippen LogP contribution in [0.25, 0.3) is 0 Å². The number of hydrogen-bond donors (Lipinski definition) is 1. The van der Waals surface area contributed by atoms with E-state index >= 15 is 0 Å². The lowest BCUT2D eigenvalue weighted by atomic mass is 10.2. The fourth-order valence-corrected chi connectivity index (χ4v) is 2.46. The van der Waals surface area contributed by atoms with E-state index in [0.717, 1.165) is 29.2 Å². The molecule has 0 atom stereocenters. The van der Waals surface area contributed by atoms with E-state index in [9.17, 15) is 0 Å². The van der Waals surface area contributed by atoms with Crippen LogP contribution in [0.1, 0.15) is 30.1 Å². The lowest BCUT2D eigenvalue weighted by Crippen LogP contribution is -2.21. The van der Waals surface area contributed by atoms with Crippen molar-refractivity contribution in [2.45, 2.75) is 32.9 Å². The summed E-state index contributed by atoms with van der Waals surface area (Å²) in [5.74, 6) is 0.643. The summed E-state index contributed by atoms with van der Waals surface area (Å²) in [5.41, 5.74) is 2.26. The average molecular weight is 277 g/mol. The summed E-state index contributed by atoms with van der Waals surface area (Å²) in [4.78, 5) is 8.82. The largest absolute Gasteiger partial charge is 0.481 e. The summed E-state index contributed by atoms with van der Waals surface area (Å²) >= 11 is 1.70. The highest BCUT2D eigenvalue weighted by Gasteiger charge is 2.04. The first-order chi connectivity index (χ1) is 9.17. The van der Waals surface area contributed by atoms with Crippen LogP contribution in [-0.4, -0.2) is 23.1 Å². The number of aromatic nitrogens is 2. The molecule has 0 aliphatic carbocycles. The zero-order valence-corrected chi connectivity index (χ0v) is 12.3. The molecular formula is C14H19N3OS. The summed E-state index contributed by atoms with van der Waals surface area (Å²) in [5, 5.41) is 6.60. The van der Waals surface area contributed by atoms with Crippen molar-refractivity contribution in [2.75, 3.05) is 7.11 Å². The first-order valence-corrected chi connectivity index (χ1v) is 7.21. The van der Waals surface area contributed by atoms with Crippen LogP contribution >= 0.6 is 11.3 Å². The minimum Gasteiger partial charge on any atom is -0.481 e. The highest BCUT2D eigenvalue weighted by Crippen LogP contribution is 2.16. The first kappa shape index (κ1) is 14.0. The Kier molecular flexibility index (Phi) is 4.87. The van der Waals surface area contributed by atoms with Crippen molar-refractivity contribution in [3.05, 3.63) is 40.0 Å². The van der Waals surface area contributed by atoms with E-state index in [-0.39, 0.29) is 0 Å². The van der Waals surface area contributed by atoms with Gasteiger partial charge in [-0.2, -0.15) is 0 Å². The van der Waals surface area contributed by atoms with Gasteiger partial charge in [-0.05, 0) is 5.56 Å². The molecule has 0 aromatic carbocycles. The van der Waals surface area contributed by atoms with E-state index in [4.69, 9.17) is 4.74 Å². The van der Waals surface area contributed by atoms with Crippen LogP contribution < -0.4 is 10.1 Å². The normalized spacial score (nSPS) is 10.9. The van der Waals surface area contributed by atoms with Gasteiger partial charge in [-0.1, -0.05) is 19.9 Å². The third kappa shape index (κ3) is 4.29. The van der Waals surface area contributed by atoms with Gasteiger partial charge in [0.05, 0.1) is 17.8 Å². The van der Waals surface area contributed by atoms with Gasteiger partial charge in [-0.15, -0.1) is 11.3 Å². The SMILES string of the molecule is COc1ccc(Cc2nc(CNC(C)C)cs2)cn1. The highest BCUT2D eigenvalue weighted by molar-refractivity contribution is 7.09. The number of ether oxygens (including phenoxy) is 1. The quantitative estimate of drug-likeness (QED) is 0.881. The van der Waals surface area contributed by atoms with Crippen LogP contribution in [0.3, 0.4) is 0 Å². The van der Waals surface area contributed by atoms with Crippen molar-refractivity contribution >= 4 is 11.3 Å². The lowest BCUT2D eigenvalue weighted by molar-refractivity contribution is 0.397. The summed E-state index contributed by atoms with van der Waals surface area (Å²) in [7, 11) is 1.62. The number of pyridine rings is 1. The second-order valence-electron chi connectivity index (χ2n) is 4.65. The molecule has 0 aliphatic rings. The summed E-state index contributed by atoms with van der Waals surface area (Å²) in [6, 6.07) is 4.39. The second kappa shape index (κ2) is 6.63. The predicted octanol–water partition coefficient (Wildman–Crippen LogP) is 2.64. The van der Waals surface area contributed by atoms with E-state index in [1.165, 1.54) is 0 Å². The number of methoxy groups -OCH3 is 1. The molecule has 0 saturated heterocycles. The third-order valence-corrected chi connectivity index (χ3v) is 3.55. The Morgan fingerprint density at radius 3 is 2.84 bits per heavy atom. The molecule has 0 spiro atoms. The average Bonchev–Trinajstić information content (AvgIpc) is 2.85. The summed E-state index contributed by atoms with van der Waals surface area (Å²) in [6.07, 6.45) is 2.66. The van der Waals surface area contributed by atoms with Crippen molar-refractivity contribution < 1.29 is 4.74 Å². The summed E-state index contributed by atoms with van der Waals surface area (Å²) < 4.78 is 5.05. The van der Waals surface area contributed by atoms with E-state index in [2.05, 4.69) is 34.5 Å². The van der Waals surface area contributed by atoms with Gasteiger partial charge in [-0.3, -0.25) is 0 Å². The molecule has 0 unspecified atom stereocenters. The Balaban J connectivity index is 1.95. The maximum atomic E-state index is 5.05. The van der Waals surface area contributed by atoms with Crippen LogP contribution in [0.4, 0.5) is 0 Å². The Bertz CT molecular complexity index is 508. The van der Waals surface area contributed by atoms with Gasteiger partial charge < -0.3 is 10.1 Å². The van der Waals surface area contributed by atoms with Crippen molar-refractivity contribution in [3.63, 3.8) is 0 Å². The first-order valence-electron chi connectivity index (χ1n) is 6.33. The van der Waals surface area contributed by atoms with Gasteiger partial charge in [0, 0.05) is 36.7 Å². The molecular weight excluding hydrogens is 258 g/mol. The van der Waals surface area contributed by atoms with Gasteiger partial charge in [0.2, 0.25) is 5.88 Å². The monoisotopic (exact) mass is 277 g/mol. The Morgan fingerprint density at radius 2 is 2.21 bits per heavy atom. The van der Waals surface area contributed by atoms with E-state index in [1.807, 2.05) is 18.3 Å². The maximum absolute atomic E-state index is 5.05. The molecule has 2 heterocycles. The smallest absolute Gasteiger partial charge is 0.212 e. The van der Waals surface area contributed by atoms with Gasteiger partial charge in [0.1, 0.15) is 0 Å². The Hall–Kier alpha value is -1.46. The topological polar surface area (TPSA) is 47.0 Å². The standard InChI is InChI=1S/C14H19N3OS/c1-10(2)15-8-12-9-19-14(17-12)6-11-4-5-13(18-3)16-7-11/h4-5,7,9-10,15H,6,8H2,1-3H3. The van der Waals surface area contributed by atoms with Crippen LogP contribution in [0, 0.1) is 0 Å². The third-order valence-electron chi connectivity index (χ3n) is 2.65. The number of thiazole rings is 1. The van der Waals surface area contributed by atoms with Crippen molar-refractivity contribution in [1.82, 2.24) is 15.3 Å². The molecule has 0 saturated carbocycles. The molecule has 2 aromatic heterocycles. The molecule has 102 valence electrons. The number of nitrogens with one attached hydrogen (secondary N) is 1. The zero-order valence-electron chi connectivity index (χ0n) is 11.5. The van der Waals surface area contributed by atoms with Crippen molar-refractivity contribution in [1.29, 1.82) is 0 Å². The number of rotatable bonds is 6. The van der Waals surface area contributed by atoms with Crippen LogP contribution in [-0.2, 0) is 13.0 Å². The van der Waals surface area contributed by atoms with E-state index in [0.29, 0.717) is 11.9 Å². The Labute approximate surface area is 117 Å². The molecule has 19 heavy (non-hydrogen) atoms. The fraction of sp³-hybridized carbons (Fsp3) is 0.429. The van der Waals surface area contributed by atoms with Crippen molar-refractivity contribution in [3.8, 4) is 5.88 Å². The highest BCUT2D eigenvalue weighted by atomic mass is 32.1. The van der Waals surface area contributed by atoms with Crippen LogP contribution in [0.15, 0.2) is 23.7 Å². The van der Waals surface area contributed by atoms with Gasteiger partial charge >= 0.3 is 0 Å². The van der Waals surface area contributed by atoms with Crippen LogP contribution in [0.5, 0.6) is 5.88 Å². The molecule has 2 rings (SSSR count). The molecule has 0 fully saturated rings. The number of nitrogens with zero attached hydrogens (tertiary/aromatic N) is 2. The maximum Gasteiger partial charge on any atom is 0.212 e. The van der Waals surface area contributed by atoms with E-state index < -0.39 is 0 Å². The molecule has 0 bridgehead atoms. The van der Waals surface area contributed by atoms with Crippen molar-refractivity contribution in [2.24, 2.45) is 0 Å². The minimum absolute atomic E-state index is 0.482. The van der Waals surface area contributed by atoms with Gasteiger partial charge in [0.15, 0.2) is 0 Å². The van der Waals surface area contributed by atoms with E-state index in [1.54, 1.807) is 18.4 Å². The molecule has 0 amide bonds. The van der Waals surface area contributed by atoms with Crippen LogP contribution in [0.2, 0.25) is 0 Å². The second-order valence-corrected chi connectivity index (χ2v) is 5.60. The molecule has 5 heteroatoms. The zero-order chi connectivity index (χ0) is 13.7. The fourth-order valence-electron chi connectivity index (χ4n) is 1.63. The van der Waals surface area contributed by atoms with Gasteiger partial charge in [-0.25, -0.2) is 9.97 Å². The van der Waals surface area contributed by atoms with Gasteiger partial charge in [0.25, 0.3) is 0 Å². The predicted molar refractivity (Wildman–Crippen MR) is 77.7 cm³/mol. The summed E-state index contributed by atoms with van der Waals surface area (Å²) in [6.45, 7) is 5.10. The molecule has 0 radical (unpaired) electrons. The molecule has 0 aliphatic heterocycles.